The molecule has 2 rings (SSSR count). The molecule has 2 aliphatic rings. The monoisotopic (exact) mass is 198 g/mol. The molecule has 0 amide bonds. The number of piperidine rings is 1. The zero-order valence-corrected chi connectivity index (χ0v) is 10.3. The van der Waals surface area contributed by atoms with E-state index in [2.05, 4.69) is 23.8 Å². The van der Waals surface area contributed by atoms with Gasteiger partial charge in [0.1, 0.15) is 0 Å². The molecular weight excluding hydrogens is 172 g/mol. The lowest BCUT2D eigenvalue weighted by Gasteiger charge is -2.36. The van der Waals surface area contributed by atoms with Gasteiger partial charge in [-0.1, -0.05) is 20.8 Å². The number of rotatable bonds is 1. The van der Waals surface area contributed by atoms with Crippen LogP contribution >= 0.6 is 0 Å². The van der Waals surface area contributed by atoms with Gasteiger partial charge in [0.15, 0.2) is 0 Å². The van der Waals surface area contributed by atoms with E-state index in [0.29, 0.717) is 0 Å². The molecule has 2 atom stereocenters. The highest BCUT2D eigenvalue weighted by Crippen LogP contribution is 2.29. The molecule has 0 spiro atoms. The molecule has 2 unspecified atom stereocenters. The summed E-state index contributed by atoms with van der Waals surface area (Å²) < 4.78 is 0. The van der Waals surface area contributed by atoms with Gasteiger partial charge in [0.25, 0.3) is 0 Å². The third kappa shape index (κ3) is 2.48. The van der Waals surface area contributed by atoms with Gasteiger partial charge >= 0.3 is 0 Å². The molecule has 2 saturated heterocycles. The highest BCUT2D eigenvalue weighted by molar-refractivity contribution is 4.91. The first-order chi connectivity index (χ1) is 6.81. The molecule has 0 saturated carbocycles. The van der Waals surface area contributed by atoms with Crippen molar-refractivity contribution in [1.29, 1.82) is 0 Å². The predicted octanol–water partition coefficient (Wildman–Crippen LogP) is 2.06. The zero-order valence-electron chi connectivity index (χ0n) is 10.3. The highest BCUT2D eigenvalue weighted by Gasteiger charge is 2.35. The Morgan fingerprint density at radius 3 is 2.43 bits per heavy atom. The zero-order chi connectivity index (χ0) is 10.6. The van der Waals surface area contributed by atoms with Gasteiger partial charge in [-0.05, 0) is 45.4 Å². The lowest BCUT2D eigenvalue weighted by atomic mass is 9.92. The van der Waals surface area contributed by atoms with E-state index in [-0.39, 0.29) is 0 Å². The fraction of sp³-hybridized carbons (Fsp3) is 1.00. The number of fused-ring (bicyclic) bond motifs is 1. The molecule has 2 heteroatoms. The van der Waals surface area contributed by atoms with Gasteiger partial charge < -0.3 is 9.80 Å². The molecule has 14 heavy (non-hydrogen) atoms. The van der Waals surface area contributed by atoms with Gasteiger partial charge in [-0.3, -0.25) is 0 Å². The Labute approximate surface area is 89.3 Å². The van der Waals surface area contributed by atoms with Crippen LogP contribution in [0.4, 0.5) is 0 Å². The predicted molar refractivity (Wildman–Crippen MR) is 62.6 cm³/mol. The summed E-state index contributed by atoms with van der Waals surface area (Å²) in [6.07, 6.45) is 2.88. The molecule has 2 aliphatic heterocycles. The summed E-state index contributed by atoms with van der Waals surface area (Å²) in [6.45, 7) is 11.5. The SMILES string of the molecule is CC.CCN1CCC2CCN(C)C2C1. The lowest BCUT2D eigenvalue weighted by Crippen LogP contribution is -2.46. The maximum atomic E-state index is 2.59. The summed E-state index contributed by atoms with van der Waals surface area (Å²) >= 11 is 0. The number of nitrogens with zero attached hydrogens (tertiary/aromatic N) is 2. The molecule has 2 heterocycles. The van der Waals surface area contributed by atoms with Crippen LogP contribution in [-0.4, -0.2) is 49.1 Å². The molecule has 0 N–H and O–H groups in total. The van der Waals surface area contributed by atoms with Crippen molar-refractivity contribution < 1.29 is 0 Å². The molecule has 0 aliphatic carbocycles. The summed E-state index contributed by atoms with van der Waals surface area (Å²) in [5, 5.41) is 0. The molecule has 0 aromatic carbocycles. The molecule has 84 valence electrons. The van der Waals surface area contributed by atoms with Crippen LogP contribution in [0.25, 0.3) is 0 Å². The third-order valence-corrected chi connectivity index (χ3v) is 3.67. The topological polar surface area (TPSA) is 6.48 Å². The van der Waals surface area contributed by atoms with E-state index in [4.69, 9.17) is 0 Å². The van der Waals surface area contributed by atoms with E-state index < -0.39 is 0 Å². The van der Waals surface area contributed by atoms with Crippen LogP contribution in [0.1, 0.15) is 33.6 Å². The van der Waals surface area contributed by atoms with Crippen molar-refractivity contribution in [2.24, 2.45) is 5.92 Å². The van der Waals surface area contributed by atoms with Crippen LogP contribution < -0.4 is 0 Å². The molecule has 2 nitrogen and oxygen atoms in total. The Balaban J connectivity index is 0.000000461. The molecule has 0 aromatic heterocycles. The fourth-order valence-electron chi connectivity index (χ4n) is 2.70. The minimum absolute atomic E-state index is 0.874. The second-order valence-corrected chi connectivity index (χ2v) is 4.28. The van der Waals surface area contributed by atoms with Crippen molar-refractivity contribution in [3.8, 4) is 0 Å². The van der Waals surface area contributed by atoms with E-state index in [1.54, 1.807) is 0 Å². The summed E-state index contributed by atoms with van der Waals surface area (Å²) in [5.74, 6) is 1.01. The standard InChI is InChI=1S/C10H20N2.C2H6/c1-3-12-7-5-9-4-6-11(2)10(9)8-12;1-2/h9-10H,3-8H2,1-2H3;1-2H3. The van der Waals surface area contributed by atoms with Crippen LogP contribution in [0.5, 0.6) is 0 Å². The van der Waals surface area contributed by atoms with Gasteiger partial charge in [-0.25, -0.2) is 0 Å². The summed E-state index contributed by atoms with van der Waals surface area (Å²) in [4.78, 5) is 5.13. The summed E-state index contributed by atoms with van der Waals surface area (Å²) in [6, 6.07) is 0.874. The van der Waals surface area contributed by atoms with Gasteiger partial charge in [0.2, 0.25) is 0 Å². The highest BCUT2D eigenvalue weighted by atomic mass is 15.2. The normalized spacial score (nSPS) is 33.4. The smallest absolute Gasteiger partial charge is 0.0249 e. The van der Waals surface area contributed by atoms with Crippen molar-refractivity contribution in [1.82, 2.24) is 9.80 Å². The van der Waals surface area contributed by atoms with Crippen molar-refractivity contribution in [2.75, 3.05) is 33.2 Å². The maximum Gasteiger partial charge on any atom is 0.0249 e. The Morgan fingerprint density at radius 2 is 1.79 bits per heavy atom. The third-order valence-electron chi connectivity index (χ3n) is 3.67. The van der Waals surface area contributed by atoms with E-state index in [1.807, 2.05) is 13.8 Å². The first-order valence-corrected chi connectivity index (χ1v) is 6.24. The fourth-order valence-corrected chi connectivity index (χ4v) is 2.70. The van der Waals surface area contributed by atoms with Gasteiger partial charge in [-0.2, -0.15) is 0 Å². The summed E-state index contributed by atoms with van der Waals surface area (Å²) in [5.41, 5.74) is 0. The molecule has 2 fully saturated rings. The molecular formula is C12H26N2. The lowest BCUT2D eigenvalue weighted by molar-refractivity contribution is 0.123. The van der Waals surface area contributed by atoms with Crippen LogP contribution in [0.2, 0.25) is 0 Å². The Morgan fingerprint density at radius 1 is 1.14 bits per heavy atom. The second-order valence-electron chi connectivity index (χ2n) is 4.28. The average Bonchev–Trinajstić information content (AvgIpc) is 2.63. The number of hydrogen-bond acceptors (Lipinski definition) is 2. The molecule has 0 radical (unpaired) electrons. The number of likely N-dealkylation sites (tertiary alicyclic amines) is 2. The van der Waals surface area contributed by atoms with E-state index >= 15 is 0 Å². The van der Waals surface area contributed by atoms with E-state index in [1.165, 1.54) is 39.0 Å². The van der Waals surface area contributed by atoms with Crippen molar-refractivity contribution in [2.45, 2.75) is 39.7 Å². The van der Waals surface area contributed by atoms with Crippen LogP contribution in [0.3, 0.4) is 0 Å². The number of hydrogen-bond donors (Lipinski definition) is 0. The Bertz CT molecular complexity index is 158. The second kappa shape index (κ2) is 5.72. The minimum Gasteiger partial charge on any atom is -0.302 e. The van der Waals surface area contributed by atoms with E-state index in [9.17, 15) is 0 Å². The molecule has 0 bridgehead atoms. The quantitative estimate of drug-likeness (QED) is 0.636. The van der Waals surface area contributed by atoms with Crippen molar-refractivity contribution in [3.05, 3.63) is 0 Å². The average molecular weight is 198 g/mol. The molecule has 0 aromatic rings. The Kier molecular flexibility index (Phi) is 4.90. The summed E-state index contributed by atoms with van der Waals surface area (Å²) in [7, 11) is 2.28. The Hall–Kier alpha value is -0.0800. The van der Waals surface area contributed by atoms with Crippen molar-refractivity contribution in [3.63, 3.8) is 0 Å². The minimum atomic E-state index is 0.874. The van der Waals surface area contributed by atoms with Crippen LogP contribution in [0.15, 0.2) is 0 Å². The first-order valence-electron chi connectivity index (χ1n) is 6.24. The maximum absolute atomic E-state index is 2.59. The van der Waals surface area contributed by atoms with Crippen molar-refractivity contribution >= 4 is 0 Å². The van der Waals surface area contributed by atoms with E-state index in [0.717, 1.165) is 12.0 Å². The van der Waals surface area contributed by atoms with Gasteiger partial charge in [-0.15, -0.1) is 0 Å². The van der Waals surface area contributed by atoms with Crippen LogP contribution in [0, 0.1) is 5.92 Å². The first kappa shape index (κ1) is 12.0. The largest absolute Gasteiger partial charge is 0.302 e. The van der Waals surface area contributed by atoms with Gasteiger partial charge in [0, 0.05) is 12.6 Å². The number of likely N-dealkylation sites (N-methyl/N-ethyl adjacent to an activating group) is 2. The van der Waals surface area contributed by atoms with Gasteiger partial charge in [0.05, 0.1) is 0 Å². The van der Waals surface area contributed by atoms with Crippen LogP contribution in [-0.2, 0) is 0 Å².